The number of halogens is 1. The molecule has 3 heterocycles. The first-order valence-electron chi connectivity index (χ1n) is 11.2. The molecule has 0 radical (unpaired) electrons. The molecule has 0 atom stereocenters. The Balaban J connectivity index is 1.27. The second kappa shape index (κ2) is 8.90. The molecule has 6 aromatic rings. The van der Waals surface area contributed by atoms with Gasteiger partial charge in [0, 0.05) is 42.3 Å². The molecule has 9 heteroatoms. The van der Waals surface area contributed by atoms with Gasteiger partial charge in [0.2, 0.25) is 5.88 Å². The maximum Gasteiger partial charge on any atom is 0.300 e. The van der Waals surface area contributed by atoms with Crippen LogP contribution in [0.25, 0.3) is 33.4 Å². The zero-order valence-corrected chi connectivity index (χ0v) is 20.2. The first-order valence-corrected chi connectivity index (χ1v) is 11.6. The van der Waals surface area contributed by atoms with Crippen molar-refractivity contribution in [3.63, 3.8) is 0 Å². The van der Waals surface area contributed by atoms with Gasteiger partial charge < -0.3 is 24.4 Å². The Kier molecular flexibility index (Phi) is 5.42. The van der Waals surface area contributed by atoms with Crippen LogP contribution in [0.15, 0.2) is 83.5 Å². The standard InChI is InChI=1S/C27H21ClN6O2/c1-34(2)19-9-3-16(4-10-19)22-14-21-25(32-22)29-15-30-26(21)35-20-11-12-24-23(13-20)33-27(36-24)31-18-7-5-17(28)6-8-18/h3-15H,1-2H3,(H,31,33)(H,29,30,32). The van der Waals surface area contributed by atoms with Gasteiger partial charge in [-0.3, -0.25) is 0 Å². The van der Waals surface area contributed by atoms with Crippen molar-refractivity contribution < 1.29 is 9.15 Å². The number of H-pyrrole nitrogens is 1. The highest BCUT2D eigenvalue weighted by atomic mass is 35.5. The minimum atomic E-state index is 0.379. The average molecular weight is 497 g/mol. The third kappa shape index (κ3) is 4.30. The van der Waals surface area contributed by atoms with Crippen molar-refractivity contribution in [2.75, 3.05) is 24.3 Å². The summed E-state index contributed by atoms with van der Waals surface area (Å²) >= 11 is 5.95. The monoisotopic (exact) mass is 496 g/mol. The summed E-state index contributed by atoms with van der Waals surface area (Å²) < 4.78 is 12.0. The highest BCUT2D eigenvalue weighted by Crippen LogP contribution is 2.33. The number of aromatic nitrogens is 4. The van der Waals surface area contributed by atoms with Gasteiger partial charge in [-0.05, 0) is 60.2 Å². The van der Waals surface area contributed by atoms with Crippen molar-refractivity contribution in [1.82, 2.24) is 19.9 Å². The molecule has 0 unspecified atom stereocenters. The van der Waals surface area contributed by atoms with E-state index in [-0.39, 0.29) is 0 Å². The van der Waals surface area contributed by atoms with E-state index in [1.807, 2.05) is 50.5 Å². The molecular formula is C27H21ClN6O2. The number of oxazole rings is 1. The van der Waals surface area contributed by atoms with Crippen molar-refractivity contribution in [2.24, 2.45) is 0 Å². The second-order valence-corrected chi connectivity index (χ2v) is 8.88. The molecule has 0 aliphatic heterocycles. The smallest absolute Gasteiger partial charge is 0.300 e. The van der Waals surface area contributed by atoms with Gasteiger partial charge in [0.15, 0.2) is 5.58 Å². The van der Waals surface area contributed by atoms with Crippen LogP contribution in [0, 0.1) is 0 Å². The van der Waals surface area contributed by atoms with Crippen LogP contribution < -0.4 is 15.0 Å². The lowest BCUT2D eigenvalue weighted by molar-refractivity contribution is 0.468. The van der Waals surface area contributed by atoms with Crippen molar-refractivity contribution >= 4 is 51.1 Å². The molecule has 0 spiro atoms. The molecule has 36 heavy (non-hydrogen) atoms. The SMILES string of the molecule is CN(C)c1ccc(-c2cc3c(Oc4ccc5oc(Nc6ccc(Cl)cc6)nc5c4)ncnc3[nH]2)cc1. The lowest BCUT2D eigenvalue weighted by Crippen LogP contribution is -2.07. The Morgan fingerprint density at radius 3 is 2.53 bits per heavy atom. The van der Waals surface area contributed by atoms with Gasteiger partial charge in [-0.25, -0.2) is 9.97 Å². The lowest BCUT2D eigenvalue weighted by Gasteiger charge is -2.12. The summed E-state index contributed by atoms with van der Waals surface area (Å²) in [6.07, 6.45) is 1.48. The molecule has 6 rings (SSSR count). The summed E-state index contributed by atoms with van der Waals surface area (Å²) in [5.74, 6) is 1.04. The highest BCUT2D eigenvalue weighted by Gasteiger charge is 2.13. The number of rotatable bonds is 6. The van der Waals surface area contributed by atoms with Crippen LogP contribution in [-0.2, 0) is 0 Å². The fourth-order valence-corrected chi connectivity index (χ4v) is 4.01. The van der Waals surface area contributed by atoms with E-state index >= 15 is 0 Å². The van der Waals surface area contributed by atoms with E-state index in [9.17, 15) is 0 Å². The lowest BCUT2D eigenvalue weighted by atomic mass is 10.1. The molecule has 3 aromatic heterocycles. The summed E-state index contributed by atoms with van der Waals surface area (Å²) in [5.41, 5.74) is 5.93. The molecule has 0 saturated heterocycles. The van der Waals surface area contributed by atoms with E-state index in [1.165, 1.54) is 6.33 Å². The number of anilines is 3. The first-order chi connectivity index (χ1) is 17.5. The normalized spacial score (nSPS) is 11.2. The fraction of sp³-hybridized carbons (Fsp3) is 0.0741. The topological polar surface area (TPSA) is 92.1 Å². The van der Waals surface area contributed by atoms with Crippen molar-refractivity contribution in [1.29, 1.82) is 0 Å². The fourth-order valence-electron chi connectivity index (χ4n) is 3.89. The zero-order chi connectivity index (χ0) is 24.6. The summed E-state index contributed by atoms with van der Waals surface area (Å²) in [4.78, 5) is 18.7. The molecule has 178 valence electrons. The molecule has 0 aliphatic carbocycles. The van der Waals surface area contributed by atoms with Crippen LogP contribution in [0.2, 0.25) is 5.02 Å². The van der Waals surface area contributed by atoms with E-state index in [1.54, 1.807) is 12.1 Å². The number of hydrogen-bond acceptors (Lipinski definition) is 7. The molecule has 2 N–H and O–H groups in total. The van der Waals surface area contributed by atoms with Gasteiger partial charge in [0.25, 0.3) is 6.01 Å². The molecule has 0 amide bonds. The Labute approximate surface area is 211 Å². The van der Waals surface area contributed by atoms with Gasteiger partial charge in [-0.15, -0.1) is 0 Å². The first kappa shape index (κ1) is 21.9. The number of fused-ring (bicyclic) bond motifs is 2. The van der Waals surface area contributed by atoms with Crippen LogP contribution in [-0.4, -0.2) is 34.0 Å². The number of hydrogen-bond donors (Lipinski definition) is 2. The number of benzene rings is 3. The van der Waals surface area contributed by atoms with E-state index in [0.29, 0.717) is 39.4 Å². The van der Waals surface area contributed by atoms with Gasteiger partial charge >= 0.3 is 0 Å². The van der Waals surface area contributed by atoms with Gasteiger partial charge in [0.05, 0.1) is 5.39 Å². The van der Waals surface area contributed by atoms with E-state index in [4.69, 9.17) is 20.8 Å². The molecule has 0 aliphatic rings. The molecule has 0 saturated carbocycles. The Morgan fingerprint density at radius 2 is 1.75 bits per heavy atom. The number of nitrogens with zero attached hydrogens (tertiary/aromatic N) is 4. The average Bonchev–Trinajstić information content (AvgIpc) is 3.50. The zero-order valence-electron chi connectivity index (χ0n) is 19.5. The summed E-state index contributed by atoms with van der Waals surface area (Å²) in [5, 5.41) is 4.59. The largest absolute Gasteiger partial charge is 0.438 e. The minimum Gasteiger partial charge on any atom is -0.438 e. The highest BCUT2D eigenvalue weighted by molar-refractivity contribution is 6.30. The molecular weight excluding hydrogens is 476 g/mol. The predicted octanol–water partition coefficient (Wildman–Crippen LogP) is 7.02. The predicted molar refractivity (Wildman–Crippen MR) is 142 cm³/mol. The molecule has 8 nitrogen and oxygen atoms in total. The third-order valence-corrected chi connectivity index (χ3v) is 6.00. The van der Waals surface area contributed by atoms with E-state index in [2.05, 4.69) is 54.4 Å². The Morgan fingerprint density at radius 1 is 0.944 bits per heavy atom. The van der Waals surface area contributed by atoms with Crippen LogP contribution in [0.5, 0.6) is 11.6 Å². The van der Waals surface area contributed by atoms with Crippen LogP contribution in [0.3, 0.4) is 0 Å². The number of ether oxygens (including phenoxy) is 1. The van der Waals surface area contributed by atoms with E-state index in [0.717, 1.165) is 28.0 Å². The van der Waals surface area contributed by atoms with Crippen LogP contribution in [0.1, 0.15) is 0 Å². The molecule has 3 aromatic carbocycles. The third-order valence-electron chi connectivity index (χ3n) is 5.75. The maximum atomic E-state index is 6.15. The van der Waals surface area contributed by atoms with Gasteiger partial charge in [-0.1, -0.05) is 23.7 Å². The van der Waals surface area contributed by atoms with Crippen molar-refractivity contribution in [2.45, 2.75) is 0 Å². The summed E-state index contributed by atoms with van der Waals surface area (Å²) in [6, 6.07) is 23.4. The van der Waals surface area contributed by atoms with Crippen molar-refractivity contribution in [3.05, 3.63) is 84.1 Å². The quantitative estimate of drug-likeness (QED) is 0.256. The summed E-state index contributed by atoms with van der Waals surface area (Å²) in [7, 11) is 4.04. The maximum absolute atomic E-state index is 6.15. The Hall–Kier alpha value is -4.56. The van der Waals surface area contributed by atoms with Crippen molar-refractivity contribution in [3.8, 4) is 22.9 Å². The second-order valence-electron chi connectivity index (χ2n) is 8.45. The minimum absolute atomic E-state index is 0.379. The Bertz CT molecular complexity index is 1670. The number of aromatic amines is 1. The molecule has 0 fully saturated rings. The molecule has 0 bridgehead atoms. The van der Waals surface area contributed by atoms with Gasteiger partial charge in [0.1, 0.15) is 23.2 Å². The van der Waals surface area contributed by atoms with Crippen LogP contribution >= 0.6 is 11.6 Å². The van der Waals surface area contributed by atoms with Crippen LogP contribution in [0.4, 0.5) is 17.4 Å². The number of nitrogens with one attached hydrogen (secondary N) is 2. The van der Waals surface area contributed by atoms with Gasteiger partial charge in [-0.2, -0.15) is 4.98 Å². The summed E-state index contributed by atoms with van der Waals surface area (Å²) in [6.45, 7) is 0. The van der Waals surface area contributed by atoms with E-state index < -0.39 is 0 Å².